The summed E-state index contributed by atoms with van der Waals surface area (Å²) in [4.78, 5) is 11.7. The van der Waals surface area contributed by atoms with E-state index in [0.29, 0.717) is 34.7 Å². The minimum atomic E-state index is -4.41. The lowest BCUT2D eigenvalue weighted by Gasteiger charge is -2.23. The van der Waals surface area contributed by atoms with Crippen molar-refractivity contribution in [1.29, 1.82) is 0 Å². The second-order valence-electron chi connectivity index (χ2n) is 7.44. The maximum atomic E-state index is 12.6. The monoisotopic (exact) mass is 439 g/mol. The number of methoxy groups -OCH3 is 1. The zero-order valence-corrected chi connectivity index (χ0v) is 17.1. The lowest BCUT2D eigenvalue weighted by molar-refractivity contribution is -0.137. The number of nitrogens with zero attached hydrogens (tertiary/aromatic N) is 2. The average molecular weight is 440 g/mol. The molecule has 2 heterocycles. The number of allylic oxidation sites excluding steroid dienone is 3. The van der Waals surface area contributed by atoms with Gasteiger partial charge in [-0.25, -0.2) is 4.98 Å². The quantitative estimate of drug-likeness (QED) is 0.612. The van der Waals surface area contributed by atoms with Crippen LogP contribution in [0.1, 0.15) is 60.3 Å². The molecule has 1 atom stereocenters. The van der Waals surface area contributed by atoms with E-state index in [0.717, 1.165) is 36.6 Å². The molecule has 0 aliphatic heterocycles. The number of ether oxygens (including phenoxy) is 2. The van der Waals surface area contributed by atoms with Gasteiger partial charge in [0, 0.05) is 24.5 Å². The fourth-order valence-corrected chi connectivity index (χ4v) is 3.79. The van der Waals surface area contributed by atoms with Gasteiger partial charge in [0.05, 0.1) is 24.1 Å². The number of halogens is 4. The molecule has 0 spiro atoms. The van der Waals surface area contributed by atoms with Crippen LogP contribution in [0.15, 0.2) is 42.0 Å². The summed E-state index contributed by atoms with van der Waals surface area (Å²) < 4.78 is 49.2. The average Bonchev–Trinajstić information content (AvgIpc) is 3.05. The SMILES string of the molecule is COC1=C(OCc2ccc(C(F)(F)F)cn2)C=CC(c2[nH]c(C3CCC3)nc2Cl)C1. The molecule has 5 nitrogen and oxygen atoms in total. The molecular weight excluding hydrogens is 419 g/mol. The van der Waals surface area contributed by atoms with Gasteiger partial charge in [-0.05, 0) is 31.1 Å². The van der Waals surface area contributed by atoms with E-state index in [2.05, 4.69) is 15.0 Å². The number of hydrogen-bond donors (Lipinski definition) is 1. The Kier molecular flexibility index (Phi) is 5.77. The van der Waals surface area contributed by atoms with Crippen LogP contribution in [0.2, 0.25) is 5.15 Å². The van der Waals surface area contributed by atoms with Crippen LogP contribution in [-0.4, -0.2) is 22.1 Å². The minimum Gasteiger partial charge on any atom is -0.497 e. The van der Waals surface area contributed by atoms with Gasteiger partial charge in [-0.3, -0.25) is 4.98 Å². The molecule has 2 aliphatic carbocycles. The molecule has 2 aromatic rings. The number of imidazole rings is 1. The third kappa shape index (κ3) is 4.33. The van der Waals surface area contributed by atoms with Crippen LogP contribution >= 0.6 is 11.6 Å². The number of nitrogens with one attached hydrogen (secondary N) is 1. The van der Waals surface area contributed by atoms with Crippen LogP contribution in [0.25, 0.3) is 0 Å². The molecular formula is C21H21ClF3N3O2. The van der Waals surface area contributed by atoms with Crippen molar-refractivity contribution in [2.75, 3.05) is 7.11 Å². The van der Waals surface area contributed by atoms with Crippen molar-refractivity contribution in [2.45, 2.75) is 50.3 Å². The smallest absolute Gasteiger partial charge is 0.417 e. The van der Waals surface area contributed by atoms with Gasteiger partial charge in [-0.1, -0.05) is 24.1 Å². The zero-order chi connectivity index (χ0) is 21.3. The van der Waals surface area contributed by atoms with Crippen LogP contribution in [0.3, 0.4) is 0 Å². The summed E-state index contributed by atoms with van der Waals surface area (Å²) in [6.07, 6.45) is 4.15. The van der Waals surface area contributed by atoms with E-state index in [9.17, 15) is 13.2 Å². The molecule has 4 rings (SSSR count). The van der Waals surface area contributed by atoms with Gasteiger partial charge >= 0.3 is 6.18 Å². The Balaban J connectivity index is 1.42. The first-order chi connectivity index (χ1) is 14.3. The van der Waals surface area contributed by atoms with E-state index in [1.54, 1.807) is 13.2 Å². The van der Waals surface area contributed by atoms with Gasteiger partial charge in [0.15, 0.2) is 10.9 Å². The second kappa shape index (κ2) is 8.34. The van der Waals surface area contributed by atoms with Crippen molar-refractivity contribution in [3.8, 4) is 0 Å². The first kappa shape index (κ1) is 20.8. The lowest BCUT2D eigenvalue weighted by atomic mass is 9.85. The van der Waals surface area contributed by atoms with Crippen LogP contribution < -0.4 is 0 Å². The Labute approximate surface area is 177 Å². The number of aromatic amines is 1. The first-order valence-corrected chi connectivity index (χ1v) is 10.1. The van der Waals surface area contributed by atoms with Crippen LogP contribution in [-0.2, 0) is 22.3 Å². The van der Waals surface area contributed by atoms with Crippen molar-refractivity contribution in [3.63, 3.8) is 0 Å². The maximum absolute atomic E-state index is 12.6. The minimum absolute atomic E-state index is 0.0229. The molecule has 1 saturated carbocycles. The van der Waals surface area contributed by atoms with Crippen LogP contribution in [0.5, 0.6) is 0 Å². The predicted octanol–water partition coefficient (Wildman–Crippen LogP) is 5.86. The Morgan fingerprint density at radius 3 is 2.67 bits per heavy atom. The number of rotatable bonds is 6. The Morgan fingerprint density at radius 2 is 2.07 bits per heavy atom. The van der Waals surface area contributed by atoms with E-state index in [4.69, 9.17) is 21.1 Å². The van der Waals surface area contributed by atoms with Crippen LogP contribution in [0.4, 0.5) is 13.2 Å². The molecule has 1 N–H and O–H groups in total. The highest BCUT2D eigenvalue weighted by molar-refractivity contribution is 6.30. The summed E-state index contributed by atoms with van der Waals surface area (Å²) in [7, 11) is 1.56. The molecule has 9 heteroatoms. The first-order valence-electron chi connectivity index (χ1n) is 9.70. The highest BCUT2D eigenvalue weighted by atomic mass is 35.5. The second-order valence-corrected chi connectivity index (χ2v) is 7.80. The number of hydrogen-bond acceptors (Lipinski definition) is 4. The summed E-state index contributed by atoms with van der Waals surface area (Å²) in [5, 5.41) is 0.473. The maximum Gasteiger partial charge on any atom is 0.417 e. The van der Waals surface area contributed by atoms with Crippen molar-refractivity contribution >= 4 is 11.6 Å². The Morgan fingerprint density at radius 1 is 1.27 bits per heavy atom. The summed E-state index contributed by atoms with van der Waals surface area (Å²) in [5.74, 6) is 2.52. The summed E-state index contributed by atoms with van der Waals surface area (Å²) in [6.45, 7) is 0.0337. The molecule has 0 aromatic carbocycles. The zero-order valence-electron chi connectivity index (χ0n) is 16.3. The van der Waals surface area contributed by atoms with Crippen molar-refractivity contribution in [3.05, 3.63) is 69.9 Å². The third-order valence-corrected chi connectivity index (χ3v) is 5.79. The van der Waals surface area contributed by atoms with Gasteiger partial charge < -0.3 is 14.5 Å². The molecule has 1 fully saturated rings. The van der Waals surface area contributed by atoms with E-state index < -0.39 is 11.7 Å². The largest absolute Gasteiger partial charge is 0.497 e. The van der Waals surface area contributed by atoms with E-state index in [1.807, 2.05) is 6.08 Å². The van der Waals surface area contributed by atoms with Gasteiger partial charge in [0.1, 0.15) is 18.2 Å². The molecule has 1 unspecified atom stereocenters. The topological polar surface area (TPSA) is 60.0 Å². The normalized spacial score (nSPS) is 19.7. The fraction of sp³-hybridized carbons (Fsp3) is 0.429. The predicted molar refractivity (Wildman–Crippen MR) is 105 cm³/mol. The van der Waals surface area contributed by atoms with Gasteiger partial charge in [-0.15, -0.1) is 0 Å². The molecule has 2 aliphatic rings. The number of H-pyrrole nitrogens is 1. The van der Waals surface area contributed by atoms with Crippen molar-refractivity contribution in [1.82, 2.24) is 15.0 Å². The molecule has 2 aromatic heterocycles. The van der Waals surface area contributed by atoms with E-state index in [-0.39, 0.29) is 12.5 Å². The third-order valence-electron chi connectivity index (χ3n) is 5.50. The van der Waals surface area contributed by atoms with Gasteiger partial charge in [-0.2, -0.15) is 13.2 Å². The summed E-state index contributed by atoms with van der Waals surface area (Å²) >= 11 is 6.36. The van der Waals surface area contributed by atoms with Crippen LogP contribution in [0, 0.1) is 0 Å². The number of pyridine rings is 1. The molecule has 0 saturated heterocycles. The summed E-state index contributed by atoms with van der Waals surface area (Å²) in [5.41, 5.74) is 0.456. The standard InChI is InChI=1S/C21H21ClF3N3O2/c1-29-17-9-13(18-19(22)28-20(27-18)12-3-2-4-12)5-8-16(17)30-11-15-7-6-14(10-26-15)21(23,24)25/h5-8,10,12-13H,2-4,9,11H2,1H3,(H,27,28). The fourth-order valence-electron chi connectivity index (χ4n) is 3.51. The Hall–Kier alpha value is -2.48. The molecule has 160 valence electrons. The molecule has 0 radical (unpaired) electrons. The summed E-state index contributed by atoms with van der Waals surface area (Å²) in [6, 6.07) is 2.29. The molecule has 0 bridgehead atoms. The molecule has 30 heavy (non-hydrogen) atoms. The van der Waals surface area contributed by atoms with Gasteiger partial charge in [0.25, 0.3) is 0 Å². The van der Waals surface area contributed by atoms with E-state index >= 15 is 0 Å². The number of alkyl halides is 3. The van der Waals surface area contributed by atoms with Gasteiger partial charge in [0.2, 0.25) is 0 Å². The highest BCUT2D eigenvalue weighted by Gasteiger charge is 2.31. The molecule has 0 amide bonds. The Bertz CT molecular complexity index is 963. The van der Waals surface area contributed by atoms with Crippen molar-refractivity contribution in [2.24, 2.45) is 0 Å². The number of aromatic nitrogens is 3. The highest BCUT2D eigenvalue weighted by Crippen LogP contribution is 2.39. The van der Waals surface area contributed by atoms with E-state index in [1.165, 1.54) is 12.5 Å². The lowest BCUT2D eigenvalue weighted by Crippen LogP contribution is -2.11. The van der Waals surface area contributed by atoms with Crippen molar-refractivity contribution < 1.29 is 22.6 Å².